The van der Waals surface area contributed by atoms with E-state index in [4.69, 9.17) is 16.3 Å². The number of aromatic nitrogens is 4. The first kappa shape index (κ1) is 26.8. The number of carbonyl (C=O) groups excluding carboxylic acids is 1. The Balaban J connectivity index is 0.00000304. The van der Waals surface area contributed by atoms with Crippen molar-refractivity contribution in [1.29, 1.82) is 0 Å². The Labute approximate surface area is 224 Å². The van der Waals surface area contributed by atoms with Crippen molar-refractivity contribution >= 4 is 40.2 Å². The summed E-state index contributed by atoms with van der Waals surface area (Å²) >= 11 is 6.46. The average Bonchev–Trinajstić information content (AvgIpc) is 3.07. The summed E-state index contributed by atoms with van der Waals surface area (Å²) in [7, 11) is 1.58. The maximum Gasteiger partial charge on any atom is 2.00 e. The van der Waals surface area contributed by atoms with Crippen molar-refractivity contribution in [3.8, 4) is 11.3 Å². The molecule has 192 valence electrons. The van der Waals surface area contributed by atoms with Crippen molar-refractivity contribution in [3.05, 3.63) is 42.0 Å². The number of nitrogens with zero attached hydrogens (tertiary/aromatic N) is 5. The zero-order chi connectivity index (χ0) is 25.1. The number of carbonyl (C=O) groups is 1. The Morgan fingerprint density at radius 3 is 2.83 bits per heavy atom. The number of benzene rings is 1. The van der Waals surface area contributed by atoms with Gasteiger partial charge in [-0.05, 0) is 26.0 Å². The topological polar surface area (TPSA) is 126 Å². The van der Waals surface area contributed by atoms with Gasteiger partial charge < -0.3 is 29.7 Å². The van der Waals surface area contributed by atoms with Gasteiger partial charge in [0.1, 0.15) is 23.5 Å². The number of amides is 1. The molecule has 1 fully saturated rings. The van der Waals surface area contributed by atoms with Gasteiger partial charge in [-0.3, -0.25) is 11.2 Å². The molecule has 1 saturated heterocycles. The largest absolute Gasteiger partial charge is 2.00 e. The SMILES string of the molecule is CN1C(=O)Cn2c(C(C)(C)O)nc3c(F)cc(-c4nc(NC5C[CH-]OC[CH-][C@H]5O)ncc4Cl)c1c32.[Ru+2]. The van der Waals surface area contributed by atoms with Gasteiger partial charge in [0.15, 0.2) is 5.82 Å². The Morgan fingerprint density at radius 2 is 2.11 bits per heavy atom. The van der Waals surface area contributed by atoms with Crippen LogP contribution in [-0.2, 0) is 41.2 Å². The summed E-state index contributed by atoms with van der Waals surface area (Å²) in [6.45, 7) is 4.84. The molecule has 2 aromatic heterocycles. The molecule has 1 unspecified atom stereocenters. The fourth-order valence-electron chi connectivity index (χ4n) is 4.39. The first-order valence-electron chi connectivity index (χ1n) is 11.0. The van der Waals surface area contributed by atoms with E-state index in [-0.39, 0.29) is 72.1 Å². The summed E-state index contributed by atoms with van der Waals surface area (Å²) in [4.78, 5) is 27.4. The molecule has 1 aromatic carbocycles. The quantitative estimate of drug-likeness (QED) is 0.307. The van der Waals surface area contributed by atoms with Gasteiger partial charge in [0.05, 0.1) is 28.1 Å². The number of rotatable bonds is 4. The second kappa shape index (κ2) is 9.91. The standard InChI is InChI=1S/C23H24ClFN6O4.Ru/c1-23(2,34)21-28-18-13(25)8-11(19-20(18)31(21)10-16(33)30(19)3)17-12(24)9-26-22(29-17)27-14-4-6-35-7-5-15(14)32;/h5-6,8-9,14-15,32,34H,4,7,10H2,1-3H3,(H,26,27,29);/q-2;+2/t14?,15-;/m1./s1. The van der Waals surface area contributed by atoms with Crippen LogP contribution >= 0.6 is 11.6 Å². The number of anilines is 2. The molecule has 2 atom stereocenters. The molecule has 13 heteroatoms. The molecule has 0 spiro atoms. The van der Waals surface area contributed by atoms with Gasteiger partial charge in [0.25, 0.3) is 0 Å². The number of halogens is 2. The molecule has 4 heterocycles. The van der Waals surface area contributed by atoms with Gasteiger partial charge in [-0.25, -0.2) is 25.9 Å². The van der Waals surface area contributed by atoms with Crippen LogP contribution in [-0.4, -0.2) is 61.4 Å². The molecule has 36 heavy (non-hydrogen) atoms. The van der Waals surface area contributed by atoms with Crippen LogP contribution in [0.4, 0.5) is 16.0 Å². The smallest absolute Gasteiger partial charge is 0.577 e. The van der Waals surface area contributed by atoms with E-state index in [2.05, 4.69) is 20.3 Å². The molecule has 3 aromatic rings. The van der Waals surface area contributed by atoms with E-state index in [0.717, 1.165) is 0 Å². The Morgan fingerprint density at radius 1 is 1.36 bits per heavy atom. The fourth-order valence-corrected chi connectivity index (χ4v) is 4.58. The van der Waals surface area contributed by atoms with E-state index in [1.807, 2.05) is 0 Å². The Kier molecular flexibility index (Phi) is 7.38. The number of imidazole rings is 1. The summed E-state index contributed by atoms with van der Waals surface area (Å²) in [6, 6.07) is 0.788. The molecule has 5 rings (SSSR count). The summed E-state index contributed by atoms with van der Waals surface area (Å²) in [5, 5.41) is 24.2. The first-order chi connectivity index (χ1) is 16.6. The van der Waals surface area contributed by atoms with Crippen LogP contribution in [0.5, 0.6) is 0 Å². The molecule has 3 N–H and O–H groups in total. The molecule has 1 amide bonds. The van der Waals surface area contributed by atoms with Gasteiger partial charge in [0, 0.05) is 18.7 Å². The van der Waals surface area contributed by atoms with E-state index in [9.17, 15) is 15.0 Å². The zero-order valence-corrected chi connectivity index (χ0v) is 22.1. The number of hydrogen-bond acceptors (Lipinski definition) is 8. The van der Waals surface area contributed by atoms with E-state index in [1.54, 1.807) is 20.1 Å². The summed E-state index contributed by atoms with van der Waals surface area (Å²) < 4.78 is 22.1. The first-order valence-corrected chi connectivity index (χ1v) is 11.4. The number of nitrogens with one attached hydrogen (secondary N) is 1. The summed E-state index contributed by atoms with van der Waals surface area (Å²) in [5.41, 5.74) is -0.157. The Bertz CT molecular complexity index is 1330. The zero-order valence-electron chi connectivity index (χ0n) is 19.6. The van der Waals surface area contributed by atoms with Gasteiger partial charge >= 0.3 is 19.5 Å². The van der Waals surface area contributed by atoms with Crippen LogP contribution in [0.15, 0.2) is 12.3 Å². The monoisotopic (exact) mass is 604 g/mol. The van der Waals surface area contributed by atoms with Crippen LogP contribution < -0.4 is 10.2 Å². The van der Waals surface area contributed by atoms with Gasteiger partial charge in [0.2, 0.25) is 11.9 Å². The molecular formula is C23H24ClFN6O4Ru. The van der Waals surface area contributed by atoms with E-state index < -0.39 is 23.6 Å². The second-order valence-corrected chi connectivity index (χ2v) is 9.50. The molecule has 0 radical (unpaired) electrons. The van der Waals surface area contributed by atoms with Crippen LogP contribution in [0.1, 0.15) is 26.1 Å². The van der Waals surface area contributed by atoms with Crippen molar-refractivity contribution in [3.63, 3.8) is 0 Å². The fraction of sp³-hybridized carbons (Fsp3) is 0.391. The Hall–Kier alpha value is -2.24. The van der Waals surface area contributed by atoms with Crippen LogP contribution in [0.3, 0.4) is 0 Å². The average molecular weight is 604 g/mol. The molecule has 0 aliphatic carbocycles. The normalized spacial score (nSPS) is 20.3. The molecular weight excluding hydrogens is 580 g/mol. The van der Waals surface area contributed by atoms with Crippen molar-refractivity contribution in [2.75, 3.05) is 23.9 Å². The number of hydrogen-bond donors (Lipinski definition) is 3. The summed E-state index contributed by atoms with van der Waals surface area (Å²) in [6.07, 6.45) is 2.59. The number of ether oxygens (including phenoxy) is 1. The van der Waals surface area contributed by atoms with Gasteiger partial charge in [-0.1, -0.05) is 11.6 Å². The molecule has 10 nitrogen and oxygen atoms in total. The number of likely N-dealkylation sites (N-methyl/N-ethyl adjacent to an activating group) is 1. The van der Waals surface area contributed by atoms with E-state index >= 15 is 4.39 Å². The van der Waals surface area contributed by atoms with Gasteiger partial charge in [-0.2, -0.15) is 0 Å². The molecule has 2 aliphatic heterocycles. The third kappa shape index (κ3) is 4.61. The van der Waals surface area contributed by atoms with E-state index in [0.29, 0.717) is 17.6 Å². The maximum absolute atomic E-state index is 15.4. The maximum atomic E-state index is 15.4. The van der Waals surface area contributed by atoms with Crippen LogP contribution in [0.2, 0.25) is 5.02 Å². The molecule has 2 aliphatic rings. The predicted molar refractivity (Wildman–Crippen MR) is 127 cm³/mol. The van der Waals surface area contributed by atoms with Crippen molar-refractivity contribution < 1.29 is 43.6 Å². The van der Waals surface area contributed by atoms with E-state index in [1.165, 1.54) is 35.6 Å². The predicted octanol–water partition coefficient (Wildman–Crippen LogP) is 2.41. The third-order valence-corrected chi connectivity index (χ3v) is 6.40. The van der Waals surface area contributed by atoms with Crippen molar-refractivity contribution in [1.82, 2.24) is 19.5 Å². The molecule has 0 saturated carbocycles. The van der Waals surface area contributed by atoms with Crippen molar-refractivity contribution in [2.24, 2.45) is 0 Å². The minimum absolute atomic E-state index is 0. The second-order valence-electron chi connectivity index (χ2n) is 9.09. The molecule has 0 bridgehead atoms. The number of aliphatic hydroxyl groups excluding tert-OH is 1. The summed E-state index contributed by atoms with van der Waals surface area (Å²) in [5.74, 6) is -0.568. The van der Waals surface area contributed by atoms with Gasteiger partial charge in [-0.15, -0.1) is 13.0 Å². The minimum Gasteiger partial charge on any atom is -0.577 e. The third-order valence-electron chi connectivity index (χ3n) is 6.12. The minimum atomic E-state index is -1.40. The van der Waals surface area contributed by atoms with Crippen LogP contribution in [0.25, 0.3) is 22.3 Å². The van der Waals surface area contributed by atoms with Crippen molar-refractivity contribution in [2.45, 2.75) is 44.6 Å². The number of aliphatic hydroxyl groups is 2. The van der Waals surface area contributed by atoms with Crippen LogP contribution in [0, 0.1) is 18.8 Å².